The lowest BCUT2D eigenvalue weighted by molar-refractivity contribution is -0.132. The number of amides is 1. The highest BCUT2D eigenvalue weighted by atomic mass is 35.5. The van der Waals surface area contributed by atoms with Gasteiger partial charge in [0.05, 0.1) is 17.0 Å². The SMILES string of the molecule is CCN(CC)C(=O)COc1ccc(NS(=O)(=O)c2cn(C)cn2)cc1Cl. The number of nitrogens with one attached hydrogen (secondary N) is 1. The van der Waals surface area contributed by atoms with Gasteiger partial charge in [0, 0.05) is 26.3 Å². The first kappa shape index (κ1) is 20.1. The lowest BCUT2D eigenvalue weighted by Crippen LogP contribution is -2.34. The van der Waals surface area contributed by atoms with Gasteiger partial charge in [-0.3, -0.25) is 9.52 Å². The van der Waals surface area contributed by atoms with E-state index in [2.05, 4.69) is 9.71 Å². The maximum absolute atomic E-state index is 12.3. The van der Waals surface area contributed by atoms with Crippen LogP contribution >= 0.6 is 11.6 Å². The molecule has 1 heterocycles. The molecule has 0 spiro atoms. The summed E-state index contributed by atoms with van der Waals surface area (Å²) in [7, 11) is -2.13. The van der Waals surface area contributed by atoms with E-state index in [4.69, 9.17) is 16.3 Å². The number of ether oxygens (including phenoxy) is 1. The maximum Gasteiger partial charge on any atom is 0.280 e. The molecule has 0 unspecified atom stereocenters. The number of nitrogens with zero attached hydrogens (tertiary/aromatic N) is 3. The van der Waals surface area contributed by atoms with Crippen molar-refractivity contribution in [2.24, 2.45) is 7.05 Å². The molecule has 2 aromatic rings. The highest BCUT2D eigenvalue weighted by molar-refractivity contribution is 7.92. The third-order valence-electron chi connectivity index (χ3n) is 3.61. The molecule has 0 aliphatic rings. The first-order chi connectivity index (χ1) is 12.3. The van der Waals surface area contributed by atoms with Crippen LogP contribution in [0.5, 0.6) is 5.75 Å². The summed E-state index contributed by atoms with van der Waals surface area (Å²) in [6, 6.07) is 4.43. The molecule has 1 N–H and O–H groups in total. The van der Waals surface area contributed by atoms with E-state index in [1.165, 1.54) is 35.3 Å². The van der Waals surface area contributed by atoms with E-state index in [1.807, 2.05) is 13.8 Å². The first-order valence-corrected chi connectivity index (χ1v) is 9.83. The van der Waals surface area contributed by atoms with E-state index in [0.717, 1.165) is 0 Å². The second-order valence-electron chi connectivity index (χ2n) is 5.48. The summed E-state index contributed by atoms with van der Waals surface area (Å²) in [5.74, 6) is 0.152. The van der Waals surface area contributed by atoms with Crippen LogP contribution in [-0.4, -0.2) is 48.5 Å². The molecule has 0 atom stereocenters. The third-order valence-corrected chi connectivity index (χ3v) is 5.17. The Morgan fingerprint density at radius 2 is 2.04 bits per heavy atom. The molecular weight excluding hydrogens is 380 g/mol. The number of rotatable bonds is 8. The predicted octanol–water partition coefficient (Wildman–Crippen LogP) is 2.12. The Hall–Kier alpha value is -2.26. The Kier molecular flexibility index (Phi) is 6.49. The van der Waals surface area contributed by atoms with Crippen molar-refractivity contribution in [3.8, 4) is 5.75 Å². The lowest BCUT2D eigenvalue weighted by atomic mass is 10.3. The monoisotopic (exact) mass is 400 g/mol. The molecule has 0 saturated carbocycles. The summed E-state index contributed by atoms with van der Waals surface area (Å²) in [6.07, 6.45) is 2.78. The van der Waals surface area contributed by atoms with Crippen LogP contribution in [-0.2, 0) is 21.9 Å². The third kappa shape index (κ3) is 4.89. The molecule has 0 bridgehead atoms. The highest BCUT2D eigenvalue weighted by Gasteiger charge is 2.18. The van der Waals surface area contributed by atoms with E-state index in [0.29, 0.717) is 18.8 Å². The summed E-state index contributed by atoms with van der Waals surface area (Å²) in [6.45, 7) is 4.83. The summed E-state index contributed by atoms with van der Waals surface area (Å²) < 4.78 is 33.9. The molecule has 26 heavy (non-hydrogen) atoms. The summed E-state index contributed by atoms with van der Waals surface area (Å²) in [5, 5.41) is 0.0971. The minimum absolute atomic E-state index is 0.0960. The summed E-state index contributed by atoms with van der Waals surface area (Å²) in [5.41, 5.74) is 0.267. The van der Waals surface area contributed by atoms with E-state index < -0.39 is 10.0 Å². The van der Waals surface area contributed by atoms with Crippen molar-refractivity contribution < 1.29 is 17.9 Å². The molecule has 1 aromatic carbocycles. The molecule has 1 aromatic heterocycles. The quantitative estimate of drug-likeness (QED) is 0.732. The van der Waals surface area contributed by atoms with E-state index >= 15 is 0 Å². The minimum atomic E-state index is -3.81. The van der Waals surface area contributed by atoms with Gasteiger partial charge in [-0.25, -0.2) is 4.98 Å². The number of sulfonamides is 1. The Bertz CT molecular complexity index is 878. The molecule has 0 saturated heterocycles. The second kappa shape index (κ2) is 8.41. The average Bonchev–Trinajstić information content (AvgIpc) is 3.02. The predicted molar refractivity (Wildman–Crippen MR) is 98.9 cm³/mol. The molecule has 0 aliphatic heterocycles. The van der Waals surface area contributed by atoms with E-state index in [-0.39, 0.29) is 28.3 Å². The highest BCUT2D eigenvalue weighted by Crippen LogP contribution is 2.28. The number of hydrogen-bond donors (Lipinski definition) is 1. The number of likely N-dealkylation sites (N-methyl/N-ethyl adjacent to an activating group) is 1. The Labute approximate surface area is 157 Å². The van der Waals surface area contributed by atoms with Crippen molar-refractivity contribution in [2.45, 2.75) is 18.9 Å². The second-order valence-corrected chi connectivity index (χ2v) is 7.52. The molecule has 142 valence electrons. The van der Waals surface area contributed by atoms with Gasteiger partial charge in [-0.1, -0.05) is 11.6 Å². The fraction of sp³-hybridized carbons (Fsp3) is 0.375. The molecule has 0 radical (unpaired) electrons. The minimum Gasteiger partial charge on any atom is -0.482 e. The van der Waals surface area contributed by atoms with Gasteiger partial charge in [-0.15, -0.1) is 0 Å². The van der Waals surface area contributed by atoms with Crippen LogP contribution in [0.3, 0.4) is 0 Å². The Morgan fingerprint density at radius 3 is 2.58 bits per heavy atom. The van der Waals surface area contributed by atoms with Crippen LogP contribution in [0, 0.1) is 0 Å². The average molecular weight is 401 g/mol. The Morgan fingerprint density at radius 1 is 1.35 bits per heavy atom. The van der Waals surface area contributed by atoms with Crippen LogP contribution in [0.1, 0.15) is 13.8 Å². The summed E-state index contributed by atoms with van der Waals surface area (Å²) >= 11 is 6.13. The normalized spacial score (nSPS) is 11.2. The summed E-state index contributed by atoms with van der Waals surface area (Å²) in [4.78, 5) is 17.4. The molecule has 2 rings (SSSR count). The molecule has 0 aliphatic carbocycles. The standard InChI is InChI=1S/C16H21ClN4O4S/c1-4-21(5-2)16(22)10-25-14-7-6-12(8-13(14)17)19-26(23,24)15-9-20(3)11-18-15/h6-9,11,19H,4-5,10H2,1-3H3. The largest absolute Gasteiger partial charge is 0.482 e. The fourth-order valence-electron chi connectivity index (χ4n) is 2.22. The topological polar surface area (TPSA) is 93.5 Å². The van der Waals surface area contributed by atoms with Crippen molar-refractivity contribution in [1.82, 2.24) is 14.5 Å². The van der Waals surface area contributed by atoms with Crippen molar-refractivity contribution in [1.29, 1.82) is 0 Å². The molecular formula is C16H21ClN4O4S. The van der Waals surface area contributed by atoms with Crippen LogP contribution in [0.15, 0.2) is 35.7 Å². The maximum atomic E-state index is 12.3. The van der Waals surface area contributed by atoms with Gasteiger partial charge in [0.15, 0.2) is 11.6 Å². The number of imidazole rings is 1. The zero-order valence-electron chi connectivity index (χ0n) is 14.8. The van der Waals surface area contributed by atoms with Crippen molar-refractivity contribution >= 4 is 33.2 Å². The van der Waals surface area contributed by atoms with Gasteiger partial charge < -0.3 is 14.2 Å². The zero-order valence-corrected chi connectivity index (χ0v) is 16.3. The Balaban J connectivity index is 2.06. The van der Waals surface area contributed by atoms with E-state index in [9.17, 15) is 13.2 Å². The number of carbonyl (C=O) groups excluding carboxylic acids is 1. The lowest BCUT2D eigenvalue weighted by Gasteiger charge is -2.19. The van der Waals surface area contributed by atoms with Crippen molar-refractivity contribution in [2.75, 3.05) is 24.4 Å². The first-order valence-electron chi connectivity index (χ1n) is 7.97. The zero-order chi connectivity index (χ0) is 19.3. The number of benzene rings is 1. The number of hydrogen-bond acceptors (Lipinski definition) is 5. The van der Waals surface area contributed by atoms with E-state index in [1.54, 1.807) is 11.9 Å². The number of aromatic nitrogens is 2. The molecule has 8 nitrogen and oxygen atoms in total. The van der Waals surface area contributed by atoms with Gasteiger partial charge in [0.2, 0.25) is 0 Å². The number of anilines is 1. The molecule has 0 fully saturated rings. The molecule has 1 amide bonds. The van der Waals surface area contributed by atoms with Gasteiger partial charge in [-0.2, -0.15) is 8.42 Å². The van der Waals surface area contributed by atoms with Crippen LogP contribution in [0.25, 0.3) is 0 Å². The van der Waals surface area contributed by atoms with Crippen LogP contribution < -0.4 is 9.46 Å². The van der Waals surface area contributed by atoms with Gasteiger partial charge >= 0.3 is 0 Å². The van der Waals surface area contributed by atoms with Gasteiger partial charge in [0.1, 0.15) is 5.75 Å². The fourth-order valence-corrected chi connectivity index (χ4v) is 3.49. The van der Waals surface area contributed by atoms with Gasteiger partial charge in [-0.05, 0) is 32.0 Å². The number of halogens is 1. The molecule has 10 heteroatoms. The number of aryl methyl sites for hydroxylation is 1. The van der Waals surface area contributed by atoms with Gasteiger partial charge in [0.25, 0.3) is 15.9 Å². The smallest absolute Gasteiger partial charge is 0.280 e. The van der Waals surface area contributed by atoms with Crippen molar-refractivity contribution in [3.05, 3.63) is 35.7 Å². The van der Waals surface area contributed by atoms with Crippen LogP contribution in [0.4, 0.5) is 5.69 Å². The number of carbonyl (C=O) groups is 1. The van der Waals surface area contributed by atoms with Crippen molar-refractivity contribution in [3.63, 3.8) is 0 Å². The van der Waals surface area contributed by atoms with Crippen LogP contribution in [0.2, 0.25) is 5.02 Å².